The molecule has 0 aliphatic rings. The number of hydrogen-bond acceptors (Lipinski definition) is 3. The van der Waals surface area contributed by atoms with Gasteiger partial charge in [-0.2, -0.15) is 5.10 Å². The number of nitrogens with two attached hydrogens (primary N) is 2. The Balaban J connectivity index is 2.58. The lowest BCUT2D eigenvalue weighted by Gasteiger charge is -1.89. The SMILES string of the molecule is N=CC=C[NH2+]c1[nH]ncc1C#CCCCN. The molecule has 1 aromatic heterocycles. The fraction of sp³-hybridized carbons (Fsp3) is 0.273. The van der Waals surface area contributed by atoms with Crippen LogP contribution in [0.1, 0.15) is 18.4 Å². The third kappa shape index (κ3) is 4.09. The number of hydrogen-bond donors (Lipinski definition) is 4. The van der Waals surface area contributed by atoms with E-state index < -0.39 is 0 Å². The van der Waals surface area contributed by atoms with Gasteiger partial charge in [-0.1, -0.05) is 11.8 Å². The first-order chi connectivity index (χ1) is 7.88. The van der Waals surface area contributed by atoms with Crippen LogP contribution in [0.25, 0.3) is 0 Å². The fourth-order valence-electron chi connectivity index (χ4n) is 1.08. The molecule has 0 saturated carbocycles. The van der Waals surface area contributed by atoms with Crippen molar-refractivity contribution in [2.24, 2.45) is 5.73 Å². The van der Waals surface area contributed by atoms with E-state index in [1.807, 2.05) is 5.32 Å². The third-order valence-corrected chi connectivity index (χ3v) is 1.87. The summed E-state index contributed by atoms with van der Waals surface area (Å²) in [5, 5.41) is 15.5. The molecule has 0 aliphatic carbocycles. The Morgan fingerprint density at radius 2 is 2.50 bits per heavy atom. The summed E-state index contributed by atoms with van der Waals surface area (Å²) in [6, 6.07) is 0. The van der Waals surface area contributed by atoms with Gasteiger partial charge in [0.15, 0.2) is 0 Å². The summed E-state index contributed by atoms with van der Waals surface area (Å²) in [6.07, 6.45) is 8.03. The molecule has 5 nitrogen and oxygen atoms in total. The predicted octanol–water partition coefficient (Wildman–Crippen LogP) is -0.142. The Kier molecular flexibility index (Phi) is 5.63. The van der Waals surface area contributed by atoms with Gasteiger partial charge in [0.1, 0.15) is 11.8 Å². The largest absolute Gasteiger partial charge is 0.330 e. The van der Waals surface area contributed by atoms with E-state index in [9.17, 15) is 0 Å². The Bertz CT molecular complexity index is 407. The molecule has 84 valence electrons. The van der Waals surface area contributed by atoms with Crippen molar-refractivity contribution in [2.75, 3.05) is 6.54 Å². The first kappa shape index (κ1) is 12.2. The number of nitrogens with one attached hydrogen (secondary N) is 2. The zero-order chi connectivity index (χ0) is 11.6. The van der Waals surface area contributed by atoms with Crippen LogP contribution in [0.5, 0.6) is 0 Å². The maximum Gasteiger partial charge on any atom is 0.240 e. The summed E-state index contributed by atoms with van der Waals surface area (Å²) in [5.74, 6) is 6.93. The van der Waals surface area contributed by atoms with E-state index in [0.717, 1.165) is 24.2 Å². The van der Waals surface area contributed by atoms with Crippen molar-refractivity contribution in [3.8, 4) is 11.8 Å². The van der Waals surface area contributed by atoms with Crippen LogP contribution >= 0.6 is 0 Å². The quantitative estimate of drug-likeness (QED) is 0.314. The number of unbranched alkanes of at least 4 members (excludes halogenated alkanes) is 1. The molecule has 0 aromatic carbocycles. The van der Waals surface area contributed by atoms with E-state index in [-0.39, 0.29) is 0 Å². The highest BCUT2D eigenvalue weighted by atomic mass is 15.2. The lowest BCUT2D eigenvalue weighted by molar-refractivity contribution is -0.500. The molecule has 0 fully saturated rings. The third-order valence-electron chi connectivity index (χ3n) is 1.87. The lowest BCUT2D eigenvalue weighted by atomic mass is 10.2. The highest BCUT2D eigenvalue weighted by Gasteiger charge is 2.03. The van der Waals surface area contributed by atoms with Gasteiger partial charge in [0, 0.05) is 18.7 Å². The lowest BCUT2D eigenvalue weighted by Crippen LogP contribution is -2.71. The number of aromatic amines is 1. The van der Waals surface area contributed by atoms with Crippen LogP contribution in [0.2, 0.25) is 0 Å². The van der Waals surface area contributed by atoms with Crippen molar-refractivity contribution in [2.45, 2.75) is 12.8 Å². The first-order valence-corrected chi connectivity index (χ1v) is 5.11. The maximum absolute atomic E-state index is 6.84. The Hall–Kier alpha value is -1.90. The van der Waals surface area contributed by atoms with Crippen LogP contribution < -0.4 is 11.1 Å². The van der Waals surface area contributed by atoms with E-state index in [0.29, 0.717) is 6.54 Å². The fourth-order valence-corrected chi connectivity index (χ4v) is 1.08. The molecule has 0 aliphatic heterocycles. The van der Waals surface area contributed by atoms with Gasteiger partial charge in [0.2, 0.25) is 5.82 Å². The number of H-pyrrole nitrogens is 1. The zero-order valence-electron chi connectivity index (χ0n) is 9.03. The summed E-state index contributed by atoms with van der Waals surface area (Å²) in [6.45, 7) is 0.668. The standard InChI is InChI=1S/C11H15N5/c12-6-3-1-2-5-10-9-15-16-11(10)14-8-4-7-13/h4,7-9,13H,1,3,6,12H2,(H2,14,15,16)/p+1. The van der Waals surface area contributed by atoms with E-state index in [2.05, 4.69) is 22.0 Å². The van der Waals surface area contributed by atoms with Crippen LogP contribution in [0.4, 0.5) is 5.82 Å². The monoisotopic (exact) mass is 218 g/mol. The minimum atomic E-state index is 0.668. The molecule has 0 atom stereocenters. The molecule has 0 unspecified atom stereocenters. The molecule has 5 heteroatoms. The minimum absolute atomic E-state index is 0.668. The van der Waals surface area contributed by atoms with E-state index >= 15 is 0 Å². The zero-order valence-corrected chi connectivity index (χ0v) is 9.03. The average molecular weight is 218 g/mol. The Labute approximate surface area is 94.6 Å². The van der Waals surface area contributed by atoms with E-state index in [1.54, 1.807) is 18.5 Å². The molecule has 1 aromatic rings. The van der Waals surface area contributed by atoms with Gasteiger partial charge in [-0.25, -0.2) is 5.10 Å². The number of rotatable bonds is 5. The van der Waals surface area contributed by atoms with Gasteiger partial charge in [0.05, 0.1) is 6.20 Å². The van der Waals surface area contributed by atoms with Crippen molar-refractivity contribution in [1.82, 2.24) is 10.2 Å². The minimum Gasteiger partial charge on any atom is -0.330 e. The van der Waals surface area contributed by atoms with Gasteiger partial charge < -0.3 is 11.1 Å². The highest BCUT2D eigenvalue weighted by Crippen LogP contribution is 2.01. The van der Waals surface area contributed by atoms with Gasteiger partial charge in [-0.05, 0) is 13.0 Å². The van der Waals surface area contributed by atoms with Crippen LogP contribution in [0.15, 0.2) is 18.5 Å². The van der Waals surface area contributed by atoms with Gasteiger partial charge in [-0.15, -0.1) is 0 Å². The van der Waals surface area contributed by atoms with Crippen LogP contribution in [0, 0.1) is 17.3 Å². The van der Waals surface area contributed by atoms with Crippen molar-refractivity contribution < 1.29 is 5.32 Å². The highest BCUT2D eigenvalue weighted by molar-refractivity contribution is 5.66. The summed E-state index contributed by atoms with van der Waals surface area (Å²) in [5.41, 5.74) is 6.24. The van der Waals surface area contributed by atoms with Gasteiger partial charge in [-0.3, -0.25) is 5.32 Å². The summed E-state index contributed by atoms with van der Waals surface area (Å²) in [7, 11) is 0. The summed E-state index contributed by atoms with van der Waals surface area (Å²) >= 11 is 0. The van der Waals surface area contributed by atoms with Crippen LogP contribution in [0.3, 0.4) is 0 Å². The second-order valence-corrected chi connectivity index (χ2v) is 3.11. The molecule has 1 heterocycles. The van der Waals surface area contributed by atoms with Gasteiger partial charge >= 0.3 is 0 Å². The molecule has 0 bridgehead atoms. The van der Waals surface area contributed by atoms with Crippen LogP contribution in [-0.4, -0.2) is 23.0 Å². The molecule has 1 rings (SSSR count). The van der Waals surface area contributed by atoms with Crippen molar-refractivity contribution in [3.05, 3.63) is 24.0 Å². The second kappa shape index (κ2) is 7.40. The van der Waals surface area contributed by atoms with E-state index in [4.69, 9.17) is 11.1 Å². The predicted molar refractivity (Wildman–Crippen MR) is 63.3 cm³/mol. The first-order valence-electron chi connectivity index (χ1n) is 5.11. The normalized spacial score (nSPS) is 10.1. The topological polar surface area (TPSA) is 95.2 Å². The molecule has 6 N–H and O–H groups in total. The maximum atomic E-state index is 6.84. The van der Waals surface area contributed by atoms with Crippen molar-refractivity contribution >= 4 is 12.0 Å². The molecular formula is C11H16N5+. The van der Waals surface area contributed by atoms with Crippen molar-refractivity contribution in [3.63, 3.8) is 0 Å². The number of nitrogens with zero attached hydrogens (tertiary/aromatic N) is 1. The molecule has 0 spiro atoms. The van der Waals surface area contributed by atoms with Gasteiger partial charge in [0.25, 0.3) is 0 Å². The second-order valence-electron chi connectivity index (χ2n) is 3.11. The average Bonchev–Trinajstić information content (AvgIpc) is 2.73. The summed E-state index contributed by atoms with van der Waals surface area (Å²) < 4.78 is 0. The molecule has 16 heavy (non-hydrogen) atoms. The molecule has 0 amide bonds. The number of allylic oxidation sites excluding steroid dienone is 1. The summed E-state index contributed by atoms with van der Waals surface area (Å²) in [4.78, 5) is 0. The molecule has 0 radical (unpaired) electrons. The Morgan fingerprint density at radius 1 is 1.62 bits per heavy atom. The number of quaternary nitrogens is 1. The Morgan fingerprint density at radius 3 is 3.25 bits per heavy atom. The van der Waals surface area contributed by atoms with Crippen molar-refractivity contribution in [1.29, 1.82) is 5.41 Å². The molecular weight excluding hydrogens is 202 g/mol. The number of aromatic nitrogens is 2. The van der Waals surface area contributed by atoms with Crippen LogP contribution in [-0.2, 0) is 0 Å². The smallest absolute Gasteiger partial charge is 0.240 e. The van der Waals surface area contributed by atoms with E-state index in [1.165, 1.54) is 6.21 Å². The molecule has 0 saturated heterocycles.